The van der Waals surface area contributed by atoms with Crippen molar-refractivity contribution in [1.82, 2.24) is 9.44 Å². The molecule has 72 valence electrons. The van der Waals surface area contributed by atoms with Crippen LogP contribution in [0.15, 0.2) is 11.8 Å². The fourth-order valence-corrected chi connectivity index (χ4v) is 1.63. The molecule has 0 saturated carbocycles. The van der Waals surface area contributed by atoms with E-state index in [9.17, 15) is 8.42 Å². The van der Waals surface area contributed by atoms with Crippen LogP contribution in [-0.4, -0.2) is 15.0 Å². The molecule has 5 heteroatoms. The summed E-state index contributed by atoms with van der Waals surface area (Å²) in [6, 6.07) is 0. The van der Waals surface area contributed by atoms with E-state index in [4.69, 9.17) is 0 Å². The molecule has 0 aliphatic carbocycles. The highest BCUT2D eigenvalue weighted by atomic mass is 32.2. The molecule has 0 fully saturated rings. The SMILES string of the molecule is C/C=C(/C)NS(=O)(=O)NCCC. The molecule has 4 nitrogen and oxygen atoms in total. The van der Waals surface area contributed by atoms with Gasteiger partial charge in [-0.25, -0.2) is 0 Å². The monoisotopic (exact) mass is 192 g/mol. The summed E-state index contributed by atoms with van der Waals surface area (Å²) in [7, 11) is -3.32. The molecule has 0 unspecified atom stereocenters. The Hall–Kier alpha value is -0.550. The van der Waals surface area contributed by atoms with Crippen molar-refractivity contribution in [1.29, 1.82) is 0 Å². The zero-order valence-electron chi connectivity index (χ0n) is 7.72. The highest BCUT2D eigenvalue weighted by Gasteiger charge is 2.06. The zero-order valence-corrected chi connectivity index (χ0v) is 8.53. The summed E-state index contributed by atoms with van der Waals surface area (Å²) in [6.07, 6.45) is 2.49. The number of rotatable bonds is 5. The van der Waals surface area contributed by atoms with Gasteiger partial charge in [-0.05, 0) is 20.3 Å². The van der Waals surface area contributed by atoms with Crippen LogP contribution in [0.5, 0.6) is 0 Å². The molecule has 12 heavy (non-hydrogen) atoms. The highest BCUT2D eigenvalue weighted by Crippen LogP contribution is 1.88. The van der Waals surface area contributed by atoms with Gasteiger partial charge in [-0.15, -0.1) is 0 Å². The van der Waals surface area contributed by atoms with Gasteiger partial charge >= 0.3 is 0 Å². The standard InChI is InChI=1S/C7H16N2O2S/c1-4-6-8-12(10,11)9-7(3)5-2/h5,8-9H,4,6H2,1-3H3/b7-5-. The largest absolute Gasteiger partial charge is 0.298 e. The average molecular weight is 192 g/mol. The van der Waals surface area contributed by atoms with Crippen molar-refractivity contribution < 1.29 is 8.42 Å². The number of hydrogen-bond donors (Lipinski definition) is 2. The summed E-state index contributed by atoms with van der Waals surface area (Å²) in [6.45, 7) is 5.85. The molecule has 0 aromatic heterocycles. The van der Waals surface area contributed by atoms with Gasteiger partial charge in [0.1, 0.15) is 0 Å². The molecule has 0 aromatic carbocycles. The van der Waals surface area contributed by atoms with E-state index in [-0.39, 0.29) is 0 Å². The second-order valence-electron chi connectivity index (χ2n) is 2.47. The lowest BCUT2D eigenvalue weighted by Gasteiger charge is -2.07. The topological polar surface area (TPSA) is 58.2 Å². The summed E-state index contributed by atoms with van der Waals surface area (Å²) in [4.78, 5) is 0. The predicted octanol–water partition coefficient (Wildman–Crippen LogP) is 0.744. The number of hydrogen-bond acceptors (Lipinski definition) is 2. The molecule has 0 amide bonds. The molecule has 0 aromatic rings. The summed E-state index contributed by atoms with van der Waals surface area (Å²) < 4.78 is 26.9. The maximum absolute atomic E-state index is 11.1. The van der Waals surface area contributed by atoms with Gasteiger partial charge in [-0.3, -0.25) is 4.72 Å². The molecule has 0 aliphatic heterocycles. The Labute approximate surface area is 74.2 Å². The minimum atomic E-state index is -3.32. The fraction of sp³-hybridized carbons (Fsp3) is 0.714. The Balaban J connectivity index is 4.06. The molecule has 0 atom stereocenters. The van der Waals surface area contributed by atoms with Crippen LogP contribution in [0.2, 0.25) is 0 Å². The van der Waals surface area contributed by atoms with Crippen molar-refractivity contribution >= 4 is 10.2 Å². The first-order valence-electron chi connectivity index (χ1n) is 3.92. The molecule has 0 rings (SSSR count). The molecule has 0 heterocycles. The van der Waals surface area contributed by atoms with Gasteiger partial charge in [0, 0.05) is 12.2 Å². The zero-order chi connectivity index (χ0) is 9.61. The molecule has 2 N–H and O–H groups in total. The first-order valence-corrected chi connectivity index (χ1v) is 5.40. The highest BCUT2D eigenvalue weighted by molar-refractivity contribution is 7.87. The fourth-order valence-electron chi connectivity index (χ4n) is 0.543. The lowest BCUT2D eigenvalue weighted by atomic mass is 10.5. The van der Waals surface area contributed by atoms with E-state index in [1.807, 2.05) is 6.92 Å². The predicted molar refractivity (Wildman–Crippen MR) is 49.8 cm³/mol. The Morgan fingerprint density at radius 2 is 2.08 bits per heavy atom. The number of nitrogens with one attached hydrogen (secondary N) is 2. The second kappa shape index (κ2) is 5.16. The van der Waals surface area contributed by atoms with Gasteiger partial charge in [0.2, 0.25) is 0 Å². The van der Waals surface area contributed by atoms with Crippen LogP contribution >= 0.6 is 0 Å². The Morgan fingerprint density at radius 1 is 1.50 bits per heavy atom. The van der Waals surface area contributed by atoms with Crippen molar-refractivity contribution in [2.45, 2.75) is 27.2 Å². The van der Waals surface area contributed by atoms with E-state index in [2.05, 4.69) is 9.44 Å². The molecular formula is C7H16N2O2S. The molecule has 0 spiro atoms. The van der Waals surface area contributed by atoms with Crippen LogP contribution in [0.3, 0.4) is 0 Å². The van der Waals surface area contributed by atoms with Gasteiger partial charge in [0.15, 0.2) is 0 Å². The Kier molecular flexibility index (Phi) is 4.92. The van der Waals surface area contributed by atoms with E-state index in [0.717, 1.165) is 6.42 Å². The van der Waals surface area contributed by atoms with Crippen molar-refractivity contribution in [2.24, 2.45) is 0 Å². The first kappa shape index (κ1) is 11.4. The summed E-state index contributed by atoms with van der Waals surface area (Å²) in [5, 5.41) is 0. The van der Waals surface area contributed by atoms with Crippen molar-refractivity contribution in [3.8, 4) is 0 Å². The van der Waals surface area contributed by atoms with Crippen LogP contribution in [0.1, 0.15) is 27.2 Å². The van der Waals surface area contributed by atoms with E-state index >= 15 is 0 Å². The Morgan fingerprint density at radius 3 is 2.50 bits per heavy atom. The van der Waals surface area contributed by atoms with Crippen LogP contribution in [0.4, 0.5) is 0 Å². The number of allylic oxidation sites excluding steroid dienone is 2. The van der Waals surface area contributed by atoms with Gasteiger partial charge in [-0.1, -0.05) is 13.0 Å². The van der Waals surface area contributed by atoms with Crippen molar-refractivity contribution in [3.05, 3.63) is 11.8 Å². The lowest BCUT2D eigenvalue weighted by molar-refractivity contribution is 0.573. The molecule has 0 bridgehead atoms. The van der Waals surface area contributed by atoms with Gasteiger partial charge < -0.3 is 0 Å². The smallest absolute Gasteiger partial charge is 0.276 e. The third-order valence-electron chi connectivity index (χ3n) is 1.27. The average Bonchev–Trinajstić information content (AvgIpc) is 2.00. The minimum Gasteiger partial charge on any atom is -0.276 e. The van der Waals surface area contributed by atoms with E-state index in [0.29, 0.717) is 12.2 Å². The van der Waals surface area contributed by atoms with E-state index < -0.39 is 10.2 Å². The van der Waals surface area contributed by atoms with Crippen LogP contribution in [0, 0.1) is 0 Å². The quantitative estimate of drug-likeness (QED) is 0.675. The van der Waals surface area contributed by atoms with Crippen molar-refractivity contribution in [3.63, 3.8) is 0 Å². The van der Waals surface area contributed by atoms with Gasteiger partial charge in [0.25, 0.3) is 10.2 Å². The molecule has 0 radical (unpaired) electrons. The first-order chi connectivity index (χ1) is 5.52. The maximum Gasteiger partial charge on any atom is 0.298 e. The molecule has 0 saturated heterocycles. The third kappa shape index (κ3) is 5.15. The van der Waals surface area contributed by atoms with Crippen molar-refractivity contribution in [2.75, 3.05) is 6.54 Å². The van der Waals surface area contributed by atoms with E-state index in [1.165, 1.54) is 0 Å². The lowest BCUT2D eigenvalue weighted by Crippen LogP contribution is -2.35. The summed E-state index contributed by atoms with van der Waals surface area (Å²) in [5.74, 6) is 0. The Bertz CT molecular complexity index is 244. The van der Waals surface area contributed by atoms with Crippen LogP contribution < -0.4 is 9.44 Å². The molecule has 0 aliphatic rings. The van der Waals surface area contributed by atoms with E-state index in [1.54, 1.807) is 19.9 Å². The summed E-state index contributed by atoms with van der Waals surface area (Å²) >= 11 is 0. The van der Waals surface area contributed by atoms with Gasteiger partial charge in [-0.2, -0.15) is 13.1 Å². The van der Waals surface area contributed by atoms with Crippen LogP contribution in [0.25, 0.3) is 0 Å². The maximum atomic E-state index is 11.1. The summed E-state index contributed by atoms with van der Waals surface area (Å²) in [5.41, 5.74) is 0.624. The van der Waals surface area contributed by atoms with Gasteiger partial charge in [0.05, 0.1) is 0 Å². The second-order valence-corrected chi connectivity index (χ2v) is 3.97. The van der Waals surface area contributed by atoms with Crippen LogP contribution in [-0.2, 0) is 10.2 Å². The minimum absolute atomic E-state index is 0.465. The third-order valence-corrected chi connectivity index (χ3v) is 2.45. The molecular weight excluding hydrogens is 176 g/mol. The normalized spacial score (nSPS) is 13.1.